The van der Waals surface area contributed by atoms with Crippen molar-refractivity contribution in [2.24, 2.45) is 10.2 Å². The van der Waals surface area contributed by atoms with Crippen molar-refractivity contribution < 1.29 is 41.0 Å². The molecule has 0 aliphatic heterocycles. The van der Waals surface area contributed by atoms with Gasteiger partial charge in [-0.2, -0.15) is 17.9 Å². The van der Waals surface area contributed by atoms with Gasteiger partial charge in [-0.3, -0.25) is 4.55 Å². The minimum absolute atomic E-state index is 0. The van der Waals surface area contributed by atoms with Gasteiger partial charge in [0.2, 0.25) is 0 Å². The molecule has 14 heteroatoms. The summed E-state index contributed by atoms with van der Waals surface area (Å²) in [6.07, 6.45) is 2.50. The van der Waals surface area contributed by atoms with E-state index in [4.69, 9.17) is 4.55 Å². The van der Waals surface area contributed by atoms with Crippen LogP contribution in [0.15, 0.2) is 69.7 Å². The Morgan fingerprint density at radius 3 is 1.89 bits per heavy atom. The molecule has 0 bridgehead atoms. The molecule has 3 rings (SSSR count). The number of nitrogens with zero attached hydrogens (tertiary/aromatic N) is 2. The van der Waals surface area contributed by atoms with Crippen molar-refractivity contribution in [1.29, 1.82) is 0 Å². The zero-order chi connectivity index (χ0) is 27.9. The Hall–Kier alpha value is -2.27. The van der Waals surface area contributed by atoms with Crippen molar-refractivity contribution in [2.45, 2.75) is 33.1 Å². The standard InChI is InChI=1S/C17H16N2O4S.C2H6O2S.C2H6.CH4O3S.CH4/c1-11-6-5-7-12-10-14(24(21,22)23)16(17(20)15(11)12)19-18-13-8-3-2-4-9-13;1-3-4-5-2;1-2;1-5(2,3)4;/h2-10,20-23H,1H3;1-2H3;1-2H3;1H3,(H,2,3,4);1H4. The van der Waals surface area contributed by atoms with Crippen LogP contribution in [0.2, 0.25) is 0 Å². The van der Waals surface area contributed by atoms with Gasteiger partial charge in [0.05, 0.1) is 23.9 Å². The number of azo groups is 1. The smallest absolute Gasteiger partial charge is 0.261 e. The molecule has 0 radical (unpaired) electrons. The van der Waals surface area contributed by atoms with Gasteiger partial charge in [-0.25, -0.2) is 4.89 Å². The topological polar surface area (TPSA) is 178 Å². The lowest BCUT2D eigenvalue weighted by atomic mass is 10.0. The van der Waals surface area contributed by atoms with Crippen LogP contribution in [0, 0.1) is 6.92 Å². The van der Waals surface area contributed by atoms with Crippen molar-refractivity contribution in [2.75, 3.05) is 19.6 Å². The molecule has 0 saturated heterocycles. The fourth-order valence-corrected chi connectivity index (χ4v) is 3.37. The summed E-state index contributed by atoms with van der Waals surface area (Å²) >= 11 is 1.18. The van der Waals surface area contributed by atoms with Crippen LogP contribution in [0.5, 0.6) is 5.75 Å². The highest BCUT2D eigenvalue weighted by Gasteiger charge is 2.25. The molecule has 3 aromatic carbocycles. The summed E-state index contributed by atoms with van der Waals surface area (Å²) in [6.45, 7) is 5.82. The second-order valence-corrected chi connectivity index (χ2v) is 9.85. The Balaban J connectivity index is 0. The summed E-state index contributed by atoms with van der Waals surface area (Å²) in [5, 5.41) is 19.6. The second kappa shape index (κ2) is 18.1. The number of hydrogen-bond donors (Lipinski definition) is 5. The molecule has 0 aliphatic rings. The Labute approximate surface area is 224 Å². The van der Waals surface area contributed by atoms with Crippen molar-refractivity contribution >= 4 is 55.2 Å². The minimum Gasteiger partial charge on any atom is -0.505 e. The largest absolute Gasteiger partial charge is 0.505 e. The van der Waals surface area contributed by atoms with Crippen LogP contribution < -0.4 is 0 Å². The van der Waals surface area contributed by atoms with Gasteiger partial charge in [0.15, 0.2) is 5.75 Å². The molecule has 0 atom stereocenters. The maximum absolute atomic E-state index is 10.6. The van der Waals surface area contributed by atoms with Gasteiger partial charge >= 0.3 is 0 Å². The minimum atomic E-state index is -4.08. The molecule has 3 aromatic rings. The van der Waals surface area contributed by atoms with E-state index in [1.54, 1.807) is 42.7 Å². The van der Waals surface area contributed by atoms with Gasteiger partial charge in [0.1, 0.15) is 16.6 Å². The molecule has 0 saturated carbocycles. The SMILES string of the molecule is C.CC.COOSC.CS(=O)(=O)O.Cc1cccc2cc(S(O)(O)O)c(N=Nc3ccccc3)c(O)c12. The summed E-state index contributed by atoms with van der Waals surface area (Å²) in [5.41, 5.74) is 1.16. The lowest BCUT2D eigenvalue weighted by Crippen LogP contribution is -1.97. The zero-order valence-electron chi connectivity index (χ0n) is 20.7. The van der Waals surface area contributed by atoms with Crippen LogP contribution in [0.25, 0.3) is 10.8 Å². The van der Waals surface area contributed by atoms with E-state index in [-0.39, 0.29) is 23.8 Å². The highest BCUT2D eigenvalue weighted by Crippen LogP contribution is 2.54. The molecule has 0 heterocycles. The third kappa shape index (κ3) is 14.3. The fourth-order valence-electron chi connectivity index (χ4n) is 2.55. The number of aryl methyl sites for hydroxylation is 1. The Morgan fingerprint density at radius 1 is 0.919 bits per heavy atom. The molecule has 11 nitrogen and oxygen atoms in total. The lowest BCUT2D eigenvalue weighted by Gasteiger charge is -2.22. The van der Waals surface area contributed by atoms with E-state index in [0.717, 1.165) is 5.56 Å². The van der Waals surface area contributed by atoms with Crippen LogP contribution in [0.4, 0.5) is 11.4 Å². The van der Waals surface area contributed by atoms with E-state index in [2.05, 4.69) is 19.4 Å². The Bertz CT molecular complexity index is 1190. The highest BCUT2D eigenvalue weighted by molar-refractivity contribution is 8.19. The molecule has 210 valence electrons. The first kappa shape index (κ1) is 36.9. The van der Waals surface area contributed by atoms with E-state index >= 15 is 0 Å². The molecular formula is C23H36N2O9S3. The number of hydrogen-bond acceptors (Lipinski definition) is 11. The summed E-state index contributed by atoms with van der Waals surface area (Å²) in [6, 6.07) is 15.5. The van der Waals surface area contributed by atoms with Gasteiger partial charge in [0.25, 0.3) is 10.1 Å². The average Bonchev–Trinajstić information content (AvgIpc) is 2.79. The maximum Gasteiger partial charge on any atom is 0.261 e. The monoisotopic (exact) mass is 580 g/mol. The van der Waals surface area contributed by atoms with Crippen LogP contribution >= 0.6 is 22.9 Å². The van der Waals surface area contributed by atoms with Crippen LogP contribution in [-0.2, 0) is 19.3 Å². The van der Waals surface area contributed by atoms with Gasteiger partial charge in [-0.1, -0.05) is 57.7 Å². The van der Waals surface area contributed by atoms with Crippen molar-refractivity contribution in [3.05, 3.63) is 60.2 Å². The zero-order valence-corrected chi connectivity index (χ0v) is 23.1. The average molecular weight is 581 g/mol. The summed E-state index contributed by atoms with van der Waals surface area (Å²) in [7, 11) is -6.28. The quantitative estimate of drug-likeness (QED) is 0.0655. The number of aromatic hydroxyl groups is 1. The van der Waals surface area contributed by atoms with Gasteiger partial charge in [-0.05, 0) is 36.1 Å². The van der Waals surface area contributed by atoms with Crippen molar-refractivity contribution in [3.8, 4) is 5.75 Å². The summed E-state index contributed by atoms with van der Waals surface area (Å²) in [5.74, 6) is -0.255. The second-order valence-electron chi connectivity index (χ2n) is 6.43. The van der Waals surface area contributed by atoms with Gasteiger partial charge in [-0.15, -0.1) is 5.11 Å². The third-order valence-corrected chi connectivity index (χ3v) is 4.91. The number of phenolic OH excluding ortho intramolecular Hbond substituents is 1. The molecule has 37 heavy (non-hydrogen) atoms. The fraction of sp³-hybridized carbons (Fsp3) is 0.304. The van der Waals surface area contributed by atoms with E-state index < -0.39 is 21.0 Å². The number of benzene rings is 3. The highest BCUT2D eigenvalue weighted by atomic mass is 32.3. The molecule has 5 N–H and O–H groups in total. The van der Waals surface area contributed by atoms with Gasteiger partial charge in [0, 0.05) is 23.7 Å². The first-order valence-corrected chi connectivity index (χ1v) is 14.7. The maximum atomic E-state index is 10.6. The van der Waals surface area contributed by atoms with Crippen LogP contribution in [0.1, 0.15) is 26.8 Å². The predicted molar refractivity (Wildman–Crippen MR) is 152 cm³/mol. The van der Waals surface area contributed by atoms with E-state index in [1.807, 2.05) is 32.9 Å². The number of fused-ring (bicyclic) bond motifs is 1. The van der Waals surface area contributed by atoms with Gasteiger partial charge < -0.3 is 18.8 Å². The van der Waals surface area contributed by atoms with Crippen LogP contribution in [0.3, 0.4) is 0 Å². The Kier molecular flexibility index (Phi) is 18.0. The normalized spacial score (nSPS) is 11.2. The third-order valence-electron chi connectivity index (χ3n) is 3.74. The van der Waals surface area contributed by atoms with Crippen molar-refractivity contribution in [3.63, 3.8) is 0 Å². The molecule has 0 fully saturated rings. The number of rotatable bonds is 5. The van der Waals surface area contributed by atoms with Crippen LogP contribution in [-0.4, -0.2) is 51.4 Å². The molecular weight excluding hydrogens is 544 g/mol. The van der Waals surface area contributed by atoms with Crippen molar-refractivity contribution in [1.82, 2.24) is 0 Å². The lowest BCUT2D eigenvalue weighted by molar-refractivity contribution is -0.159. The molecule has 0 aliphatic carbocycles. The van der Waals surface area contributed by atoms with E-state index in [1.165, 1.54) is 25.2 Å². The summed E-state index contributed by atoms with van der Waals surface area (Å²) in [4.78, 5) is 3.89. The van der Waals surface area contributed by atoms with E-state index in [9.17, 15) is 27.2 Å². The first-order valence-electron chi connectivity index (χ1n) is 10.2. The molecule has 0 unspecified atom stereocenters. The Morgan fingerprint density at radius 2 is 1.46 bits per heavy atom. The summed E-state index contributed by atoms with van der Waals surface area (Å²) < 4.78 is 59.2. The predicted octanol–water partition coefficient (Wildman–Crippen LogP) is 7.86. The molecule has 0 spiro atoms. The first-order chi connectivity index (χ1) is 16.8. The molecule has 0 aromatic heterocycles. The number of phenols is 1. The van der Waals surface area contributed by atoms with E-state index in [0.29, 0.717) is 22.7 Å². The molecule has 0 amide bonds.